The Morgan fingerprint density at radius 2 is 1.88 bits per heavy atom. The van der Waals surface area contributed by atoms with E-state index < -0.39 is 5.60 Å². The first-order valence-electron chi connectivity index (χ1n) is 13.3. The van der Waals surface area contributed by atoms with E-state index in [0.717, 1.165) is 64.2 Å². The van der Waals surface area contributed by atoms with Crippen LogP contribution in [0.4, 0.5) is 0 Å². The Balaban J connectivity index is 1.32. The van der Waals surface area contributed by atoms with Gasteiger partial charge in [0.2, 0.25) is 0 Å². The molecule has 0 heterocycles. The molecule has 4 saturated carbocycles. The lowest BCUT2D eigenvalue weighted by Gasteiger charge is -2.63. The maximum absolute atomic E-state index is 12.2. The number of rotatable bonds is 8. The van der Waals surface area contributed by atoms with Crippen LogP contribution in [0.15, 0.2) is 10.1 Å². The monoisotopic (exact) mass is 462 g/mol. The van der Waals surface area contributed by atoms with Crippen molar-refractivity contribution in [2.45, 2.75) is 103 Å². The molecular formula is C26H46N4O3. The summed E-state index contributed by atoms with van der Waals surface area (Å²) in [7, 11) is 0. The predicted molar refractivity (Wildman–Crippen MR) is 132 cm³/mol. The molecular weight excluding hydrogens is 416 g/mol. The molecule has 0 radical (unpaired) electrons. The van der Waals surface area contributed by atoms with E-state index in [2.05, 4.69) is 24.0 Å². The molecule has 0 unspecified atom stereocenters. The molecule has 6 N–H and O–H groups in total. The summed E-state index contributed by atoms with van der Waals surface area (Å²) in [6.07, 6.45) is 14.2. The minimum absolute atomic E-state index is 0.000397. The first-order valence-corrected chi connectivity index (χ1v) is 13.3. The molecule has 0 bridgehead atoms. The summed E-state index contributed by atoms with van der Waals surface area (Å²) in [6, 6.07) is 0. The number of fused-ring (bicyclic) bond motifs is 5. The molecule has 4 aliphatic carbocycles. The van der Waals surface area contributed by atoms with Crippen LogP contribution in [0.1, 0.15) is 90.9 Å². The number of aliphatic hydroxyl groups is 2. The van der Waals surface area contributed by atoms with Crippen molar-refractivity contribution >= 4 is 12.2 Å². The molecule has 188 valence electrons. The Morgan fingerprint density at radius 3 is 2.67 bits per heavy atom. The summed E-state index contributed by atoms with van der Waals surface area (Å²) in [5.41, 5.74) is 10.4. The number of nitrogens with zero attached hydrogens (tertiary/aromatic N) is 2. The van der Waals surface area contributed by atoms with Gasteiger partial charge < -0.3 is 26.5 Å². The van der Waals surface area contributed by atoms with E-state index >= 15 is 0 Å². The maximum Gasteiger partial charge on any atom is 0.185 e. The smallest absolute Gasteiger partial charge is 0.185 e. The number of aliphatic imine (C=N–C) groups is 1. The third kappa shape index (κ3) is 4.52. The zero-order chi connectivity index (χ0) is 23.7. The van der Waals surface area contributed by atoms with Gasteiger partial charge in [-0.1, -0.05) is 19.0 Å². The van der Waals surface area contributed by atoms with Crippen LogP contribution in [0.25, 0.3) is 0 Å². The van der Waals surface area contributed by atoms with Gasteiger partial charge in [0, 0.05) is 19.2 Å². The highest BCUT2D eigenvalue weighted by Crippen LogP contribution is 2.69. The second-order valence-corrected chi connectivity index (χ2v) is 11.9. The van der Waals surface area contributed by atoms with Gasteiger partial charge in [-0.05, 0) is 105 Å². The molecule has 4 rings (SSSR count). The fraction of sp³-hybridized carbons (Fsp3) is 0.923. The lowest BCUT2D eigenvalue weighted by Crippen LogP contribution is -2.62. The fourth-order valence-corrected chi connectivity index (χ4v) is 8.55. The first kappa shape index (κ1) is 24.8. The van der Waals surface area contributed by atoms with Gasteiger partial charge >= 0.3 is 0 Å². The Labute approximate surface area is 199 Å². The summed E-state index contributed by atoms with van der Waals surface area (Å²) in [4.78, 5) is 9.25. The summed E-state index contributed by atoms with van der Waals surface area (Å²) >= 11 is 0. The average molecular weight is 463 g/mol. The lowest BCUT2D eigenvalue weighted by molar-refractivity contribution is -0.210. The molecule has 7 nitrogen and oxygen atoms in total. The van der Waals surface area contributed by atoms with Gasteiger partial charge in [-0.15, -0.1) is 0 Å². The van der Waals surface area contributed by atoms with Crippen LogP contribution in [-0.2, 0) is 4.84 Å². The highest BCUT2D eigenvalue weighted by Gasteiger charge is 2.66. The number of nitrogens with two attached hydrogens (primary N) is 2. The fourth-order valence-electron chi connectivity index (χ4n) is 8.55. The third-order valence-electron chi connectivity index (χ3n) is 10.5. The standard InChI is InChI=1S/C26H46N4O3/c1-24-11-9-20(31)17-19(24)6-7-22-21(24)10-12-25(2)18(8-13-26(22,25)32)5-3-15-30-33-16-4-14-29-23(27)28/h15,18-22,31-32H,3-14,16-17H2,1-2H3,(H4,27,28,29)/b30-15+/t18-,19+,20-,21-,22+,24-,25+,26-/m0/s1. The van der Waals surface area contributed by atoms with E-state index in [0.29, 0.717) is 42.2 Å². The van der Waals surface area contributed by atoms with Crippen molar-refractivity contribution in [1.82, 2.24) is 0 Å². The van der Waals surface area contributed by atoms with Crippen molar-refractivity contribution < 1.29 is 15.1 Å². The maximum atomic E-state index is 12.2. The minimum atomic E-state index is -0.538. The molecule has 0 aromatic carbocycles. The number of hydrogen-bond acceptors (Lipinski definition) is 5. The highest BCUT2D eigenvalue weighted by atomic mass is 16.6. The van der Waals surface area contributed by atoms with Gasteiger partial charge in [0.15, 0.2) is 5.96 Å². The van der Waals surface area contributed by atoms with Crippen molar-refractivity contribution in [3.8, 4) is 0 Å². The summed E-state index contributed by atoms with van der Waals surface area (Å²) in [5.74, 6) is 2.30. The van der Waals surface area contributed by atoms with Crippen LogP contribution < -0.4 is 11.5 Å². The molecule has 0 aliphatic heterocycles. The quantitative estimate of drug-likeness (QED) is 0.190. The number of aliphatic hydroxyl groups excluding tert-OH is 1. The topological polar surface area (TPSA) is 126 Å². The summed E-state index contributed by atoms with van der Waals surface area (Å²) < 4.78 is 0. The number of guanidine groups is 1. The molecule has 8 atom stereocenters. The van der Waals surface area contributed by atoms with Gasteiger partial charge in [-0.25, -0.2) is 0 Å². The lowest BCUT2D eigenvalue weighted by atomic mass is 9.43. The van der Waals surface area contributed by atoms with Crippen molar-refractivity contribution in [3.05, 3.63) is 0 Å². The van der Waals surface area contributed by atoms with Gasteiger partial charge in [-0.3, -0.25) is 4.99 Å². The van der Waals surface area contributed by atoms with Crippen LogP contribution in [-0.4, -0.2) is 47.2 Å². The van der Waals surface area contributed by atoms with Crippen molar-refractivity contribution in [2.75, 3.05) is 13.2 Å². The molecule has 4 aliphatic rings. The van der Waals surface area contributed by atoms with Crippen LogP contribution in [0.2, 0.25) is 0 Å². The summed E-state index contributed by atoms with van der Waals surface area (Å²) in [5, 5.41) is 26.6. The molecule has 4 fully saturated rings. The SMILES string of the molecule is C[C@]12CC[C@H](O)C[C@H]1CC[C@@H]1[C@@H]2CC[C@]2(C)[C@@H](CC/C=N/OCCCN=C(N)N)CC[C@]12O. The normalized spacial score (nSPS) is 44.7. The van der Waals surface area contributed by atoms with Crippen LogP contribution in [0, 0.1) is 34.5 Å². The van der Waals surface area contributed by atoms with Crippen LogP contribution in [0.3, 0.4) is 0 Å². The molecule has 0 saturated heterocycles. The molecule has 0 amide bonds. The van der Waals surface area contributed by atoms with Crippen molar-refractivity contribution in [2.24, 2.45) is 56.1 Å². The highest BCUT2D eigenvalue weighted by molar-refractivity contribution is 5.75. The van der Waals surface area contributed by atoms with Gasteiger partial charge in [0.05, 0.1) is 11.7 Å². The van der Waals surface area contributed by atoms with Gasteiger partial charge in [-0.2, -0.15) is 0 Å². The van der Waals surface area contributed by atoms with Crippen LogP contribution in [0.5, 0.6) is 0 Å². The molecule has 7 heteroatoms. The largest absolute Gasteiger partial charge is 0.396 e. The number of oxime groups is 1. The Hall–Kier alpha value is -1.34. The number of hydrogen-bond donors (Lipinski definition) is 4. The van der Waals surface area contributed by atoms with E-state index in [1.165, 1.54) is 12.8 Å². The summed E-state index contributed by atoms with van der Waals surface area (Å²) in [6.45, 7) is 5.91. The minimum Gasteiger partial charge on any atom is -0.396 e. The van der Waals surface area contributed by atoms with E-state index in [-0.39, 0.29) is 17.5 Å². The van der Waals surface area contributed by atoms with Crippen LogP contribution >= 0.6 is 0 Å². The molecule has 0 aromatic heterocycles. The van der Waals surface area contributed by atoms with E-state index in [9.17, 15) is 10.2 Å². The van der Waals surface area contributed by atoms with Gasteiger partial charge in [0.25, 0.3) is 0 Å². The Bertz CT molecular complexity index is 741. The van der Waals surface area contributed by atoms with E-state index in [1.54, 1.807) is 0 Å². The molecule has 0 aromatic rings. The van der Waals surface area contributed by atoms with Crippen molar-refractivity contribution in [3.63, 3.8) is 0 Å². The zero-order valence-electron chi connectivity index (χ0n) is 20.7. The van der Waals surface area contributed by atoms with E-state index in [1.807, 2.05) is 6.21 Å². The zero-order valence-corrected chi connectivity index (χ0v) is 20.7. The van der Waals surface area contributed by atoms with Gasteiger partial charge in [0.1, 0.15) is 6.61 Å². The third-order valence-corrected chi connectivity index (χ3v) is 10.5. The second-order valence-electron chi connectivity index (χ2n) is 11.9. The Morgan fingerprint density at radius 1 is 1.06 bits per heavy atom. The van der Waals surface area contributed by atoms with Crippen molar-refractivity contribution in [1.29, 1.82) is 0 Å². The molecule has 33 heavy (non-hydrogen) atoms. The average Bonchev–Trinajstić information content (AvgIpc) is 3.04. The first-order chi connectivity index (χ1) is 15.7. The Kier molecular flexibility index (Phi) is 7.30. The van der Waals surface area contributed by atoms with E-state index in [4.69, 9.17) is 16.3 Å². The molecule has 0 spiro atoms. The predicted octanol–water partition coefficient (Wildman–Crippen LogP) is 3.57. The second kappa shape index (κ2) is 9.73.